The van der Waals surface area contributed by atoms with Crippen molar-refractivity contribution >= 4 is 35.5 Å². The van der Waals surface area contributed by atoms with E-state index in [1.54, 1.807) is 31.4 Å². The lowest BCUT2D eigenvalue weighted by atomic mass is 10.2. The Morgan fingerprint density at radius 1 is 1.15 bits per heavy atom. The van der Waals surface area contributed by atoms with Crippen molar-refractivity contribution in [2.45, 2.75) is 5.16 Å². The van der Waals surface area contributed by atoms with Crippen molar-refractivity contribution in [1.82, 2.24) is 15.6 Å². The maximum atomic E-state index is 12.3. The van der Waals surface area contributed by atoms with Crippen LogP contribution in [0, 0.1) is 0 Å². The maximum Gasteiger partial charge on any atom is 0.342 e. The van der Waals surface area contributed by atoms with Gasteiger partial charge in [-0.15, -0.1) is 10.8 Å². The molecular formula is C24H20ClN5O3S. The number of hydrogen-bond donors (Lipinski definition) is 2. The number of aromatic nitrogens is 3. The summed E-state index contributed by atoms with van der Waals surface area (Å²) >= 11 is 7.33. The summed E-state index contributed by atoms with van der Waals surface area (Å²) in [6.07, 6.45) is 1.48. The van der Waals surface area contributed by atoms with Gasteiger partial charge >= 0.3 is 5.16 Å². The third kappa shape index (κ3) is 5.75. The average Bonchev–Trinajstić information content (AvgIpc) is 3.28. The Hall–Kier alpha value is -3.82. The summed E-state index contributed by atoms with van der Waals surface area (Å²) in [7, 11) is 1.62. The summed E-state index contributed by atoms with van der Waals surface area (Å²) in [5.41, 5.74) is 4.94. The molecule has 1 heterocycles. The number of methoxy groups -OCH3 is 1. The van der Waals surface area contributed by atoms with Crippen LogP contribution in [-0.2, 0) is 4.79 Å². The van der Waals surface area contributed by atoms with Crippen LogP contribution in [0.4, 0.5) is 0 Å². The fourth-order valence-corrected chi connectivity index (χ4v) is 3.95. The van der Waals surface area contributed by atoms with Crippen LogP contribution >= 0.6 is 23.4 Å². The van der Waals surface area contributed by atoms with Crippen molar-refractivity contribution in [2.24, 2.45) is 5.10 Å². The van der Waals surface area contributed by atoms with Gasteiger partial charge in [0, 0.05) is 5.02 Å². The predicted octanol–water partition coefficient (Wildman–Crippen LogP) is 3.33. The SMILES string of the molecule is COc1ccc(-c2[nH]nc(SCC(=O)NN=Cc3ccc([O-])cc3)[n+]2-c2ccc(Cl)cc2)cc1. The zero-order valence-electron chi connectivity index (χ0n) is 18.1. The summed E-state index contributed by atoms with van der Waals surface area (Å²) in [5, 5.41) is 23.8. The Labute approximate surface area is 205 Å². The van der Waals surface area contributed by atoms with Crippen molar-refractivity contribution in [3.63, 3.8) is 0 Å². The molecule has 0 spiro atoms. The normalized spacial score (nSPS) is 11.0. The number of ether oxygens (including phenoxy) is 1. The molecule has 8 nitrogen and oxygen atoms in total. The van der Waals surface area contributed by atoms with Crippen LogP contribution in [0.1, 0.15) is 5.56 Å². The quantitative estimate of drug-likeness (QED) is 0.169. The van der Waals surface area contributed by atoms with Crippen LogP contribution in [-0.4, -0.2) is 35.2 Å². The molecule has 4 rings (SSSR count). The fraction of sp³-hybridized carbons (Fsp3) is 0.0833. The third-order valence-corrected chi connectivity index (χ3v) is 5.93. The minimum absolute atomic E-state index is 0.0837. The van der Waals surface area contributed by atoms with Crippen LogP contribution in [0.3, 0.4) is 0 Å². The van der Waals surface area contributed by atoms with Gasteiger partial charge < -0.3 is 9.84 Å². The molecule has 0 radical (unpaired) electrons. The number of aromatic amines is 1. The Bertz CT molecular complexity index is 1290. The second-order valence-corrected chi connectivity index (χ2v) is 8.42. The number of hydrazone groups is 1. The Kier molecular flexibility index (Phi) is 7.46. The monoisotopic (exact) mass is 493 g/mol. The molecule has 172 valence electrons. The van der Waals surface area contributed by atoms with Crippen LogP contribution < -0.4 is 19.8 Å². The molecule has 0 fully saturated rings. The van der Waals surface area contributed by atoms with Crippen LogP contribution in [0.15, 0.2) is 83.1 Å². The minimum atomic E-state index is -0.293. The maximum absolute atomic E-state index is 12.3. The molecule has 3 aromatic carbocycles. The predicted molar refractivity (Wildman–Crippen MR) is 129 cm³/mol. The number of nitrogens with zero attached hydrogens (tertiary/aromatic N) is 3. The van der Waals surface area contributed by atoms with Crippen molar-refractivity contribution in [3.8, 4) is 28.6 Å². The number of carbonyl (C=O) groups is 1. The molecule has 0 saturated carbocycles. The molecule has 0 unspecified atom stereocenters. The molecule has 0 saturated heterocycles. The van der Waals surface area contributed by atoms with Crippen molar-refractivity contribution < 1.29 is 19.2 Å². The first-order valence-corrected chi connectivity index (χ1v) is 11.5. The molecule has 0 atom stereocenters. The molecule has 0 aliphatic rings. The second kappa shape index (κ2) is 10.9. The largest absolute Gasteiger partial charge is 0.872 e. The second-order valence-electron chi connectivity index (χ2n) is 7.05. The highest BCUT2D eigenvalue weighted by Crippen LogP contribution is 2.23. The summed E-state index contributed by atoms with van der Waals surface area (Å²) in [6.45, 7) is 0. The van der Waals surface area contributed by atoms with Gasteiger partial charge in [0.2, 0.25) is 0 Å². The first-order valence-electron chi connectivity index (χ1n) is 10.2. The number of nitrogens with one attached hydrogen (secondary N) is 2. The standard InChI is InChI=1S/C24H20ClN5O3S/c1-33-21-12-4-17(5-13-21)23-28-29-24(30(23)19-8-6-18(25)7-9-19)34-15-22(32)27-26-14-16-2-10-20(31)11-3-16/h2-14H,15H2,1H3,(H2,26,27,31,32). The van der Waals surface area contributed by atoms with E-state index in [1.807, 2.05) is 41.0 Å². The first-order chi connectivity index (χ1) is 16.5. The van der Waals surface area contributed by atoms with E-state index in [9.17, 15) is 9.90 Å². The smallest absolute Gasteiger partial charge is 0.342 e. The number of benzene rings is 3. The lowest BCUT2D eigenvalue weighted by Gasteiger charge is -2.05. The zero-order chi connectivity index (χ0) is 23.9. The van der Waals surface area contributed by atoms with E-state index in [1.165, 1.54) is 30.1 Å². The molecule has 4 aromatic rings. The topological polar surface area (TPSA) is 106 Å². The number of H-pyrrole nitrogens is 1. The summed E-state index contributed by atoms with van der Waals surface area (Å²) in [4.78, 5) is 12.3. The summed E-state index contributed by atoms with van der Waals surface area (Å²) in [6, 6.07) is 21.1. The van der Waals surface area contributed by atoms with E-state index < -0.39 is 0 Å². The molecule has 1 aromatic heterocycles. The Morgan fingerprint density at radius 3 is 2.53 bits per heavy atom. The molecule has 2 N–H and O–H groups in total. The lowest BCUT2D eigenvalue weighted by Crippen LogP contribution is -2.34. The summed E-state index contributed by atoms with van der Waals surface area (Å²) in [5.74, 6) is 1.21. The van der Waals surface area contributed by atoms with Gasteiger partial charge in [-0.2, -0.15) is 9.67 Å². The van der Waals surface area contributed by atoms with Gasteiger partial charge in [0.1, 0.15) is 11.4 Å². The van der Waals surface area contributed by atoms with Crippen molar-refractivity contribution in [2.75, 3.05) is 12.9 Å². The van der Waals surface area contributed by atoms with E-state index in [0.717, 1.165) is 22.8 Å². The highest BCUT2D eigenvalue weighted by molar-refractivity contribution is 7.99. The van der Waals surface area contributed by atoms with Gasteiger partial charge in [-0.25, -0.2) is 5.43 Å². The number of rotatable bonds is 8. The molecule has 34 heavy (non-hydrogen) atoms. The number of thioether (sulfide) groups is 1. The molecule has 0 aliphatic carbocycles. The van der Waals surface area contributed by atoms with Gasteiger partial charge in [0.05, 0.1) is 29.7 Å². The molecule has 10 heteroatoms. The number of halogens is 1. The third-order valence-electron chi connectivity index (χ3n) is 4.74. The van der Waals surface area contributed by atoms with Crippen molar-refractivity contribution in [1.29, 1.82) is 0 Å². The fourth-order valence-electron chi connectivity index (χ4n) is 3.06. The van der Waals surface area contributed by atoms with E-state index >= 15 is 0 Å². The molecular weight excluding hydrogens is 474 g/mol. The van der Waals surface area contributed by atoms with Gasteiger partial charge in [-0.05, 0) is 65.9 Å². The van der Waals surface area contributed by atoms with Crippen molar-refractivity contribution in [3.05, 3.63) is 83.4 Å². The molecule has 0 bridgehead atoms. The molecule has 1 amide bonds. The average molecular weight is 494 g/mol. The minimum Gasteiger partial charge on any atom is -0.872 e. The number of hydrogen-bond acceptors (Lipinski definition) is 6. The van der Waals surface area contributed by atoms with E-state index in [-0.39, 0.29) is 17.4 Å². The van der Waals surface area contributed by atoms with Gasteiger partial charge in [-0.3, -0.25) is 4.79 Å². The van der Waals surface area contributed by atoms with Crippen LogP contribution in [0.25, 0.3) is 17.1 Å². The highest BCUT2D eigenvalue weighted by Gasteiger charge is 2.24. The molecule has 0 aliphatic heterocycles. The highest BCUT2D eigenvalue weighted by atomic mass is 35.5. The van der Waals surface area contributed by atoms with E-state index in [4.69, 9.17) is 16.3 Å². The van der Waals surface area contributed by atoms with Crippen LogP contribution in [0.5, 0.6) is 11.5 Å². The van der Waals surface area contributed by atoms with E-state index in [0.29, 0.717) is 15.7 Å². The van der Waals surface area contributed by atoms with Gasteiger partial charge in [-0.1, -0.05) is 35.9 Å². The van der Waals surface area contributed by atoms with Gasteiger partial charge in [0.25, 0.3) is 11.7 Å². The number of amides is 1. The van der Waals surface area contributed by atoms with Gasteiger partial charge in [0.15, 0.2) is 0 Å². The van der Waals surface area contributed by atoms with Crippen LogP contribution in [0.2, 0.25) is 5.02 Å². The number of carbonyl (C=O) groups excluding carboxylic acids is 1. The summed E-state index contributed by atoms with van der Waals surface area (Å²) < 4.78 is 7.17. The Morgan fingerprint density at radius 2 is 1.85 bits per heavy atom. The zero-order valence-corrected chi connectivity index (χ0v) is 19.6. The van der Waals surface area contributed by atoms with E-state index in [2.05, 4.69) is 20.7 Å². The lowest BCUT2D eigenvalue weighted by molar-refractivity contribution is -0.625. The first kappa shape index (κ1) is 23.3. The Balaban J connectivity index is 1.51.